The molecule has 18 heavy (non-hydrogen) atoms. The highest BCUT2D eigenvalue weighted by Crippen LogP contribution is 2.23. The first-order chi connectivity index (χ1) is 8.70. The standard InChI is InChI=1S/C13H14Cl2N2S/c1-2-12(13-16-5-6-18-13)17-8-9-7-10(14)3-4-11(9)15/h3-7,12,17H,2,8H2,1H3. The number of benzene rings is 1. The van der Waals surface area contributed by atoms with Gasteiger partial charge in [0.25, 0.3) is 0 Å². The third kappa shape index (κ3) is 3.45. The van der Waals surface area contributed by atoms with Crippen LogP contribution in [0.15, 0.2) is 29.8 Å². The molecular weight excluding hydrogens is 287 g/mol. The molecule has 0 radical (unpaired) electrons. The van der Waals surface area contributed by atoms with Gasteiger partial charge >= 0.3 is 0 Å². The number of aromatic nitrogens is 1. The number of nitrogens with one attached hydrogen (secondary N) is 1. The van der Waals surface area contributed by atoms with Crippen LogP contribution in [0.25, 0.3) is 0 Å². The molecule has 0 aliphatic rings. The number of halogens is 2. The molecule has 2 nitrogen and oxygen atoms in total. The monoisotopic (exact) mass is 300 g/mol. The van der Waals surface area contributed by atoms with E-state index in [0.717, 1.165) is 22.0 Å². The predicted molar refractivity (Wildman–Crippen MR) is 78.4 cm³/mol. The molecule has 0 fully saturated rings. The molecule has 1 aromatic carbocycles. The highest BCUT2D eigenvalue weighted by Gasteiger charge is 2.12. The van der Waals surface area contributed by atoms with Crippen LogP contribution < -0.4 is 5.32 Å². The van der Waals surface area contributed by atoms with Gasteiger partial charge in [-0.25, -0.2) is 4.98 Å². The Balaban J connectivity index is 2.04. The van der Waals surface area contributed by atoms with Gasteiger partial charge in [-0.3, -0.25) is 0 Å². The van der Waals surface area contributed by atoms with Crippen LogP contribution in [0.2, 0.25) is 10.0 Å². The van der Waals surface area contributed by atoms with Gasteiger partial charge in [-0.15, -0.1) is 11.3 Å². The van der Waals surface area contributed by atoms with Crippen molar-refractivity contribution >= 4 is 34.5 Å². The van der Waals surface area contributed by atoms with Crippen molar-refractivity contribution in [2.75, 3.05) is 0 Å². The van der Waals surface area contributed by atoms with E-state index in [0.29, 0.717) is 11.6 Å². The third-order valence-electron chi connectivity index (χ3n) is 2.70. The highest BCUT2D eigenvalue weighted by atomic mass is 35.5. The van der Waals surface area contributed by atoms with E-state index in [1.807, 2.05) is 23.7 Å². The Morgan fingerprint density at radius 1 is 1.39 bits per heavy atom. The summed E-state index contributed by atoms with van der Waals surface area (Å²) in [5, 5.41) is 8.00. The Morgan fingerprint density at radius 2 is 2.22 bits per heavy atom. The van der Waals surface area contributed by atoms with Gasteiger partial charge in [0.05, 0.1) is 6.04 Å². The van der Waals surface area contributed by atoms with E-state index in [9.17, 15) is 0 Å². The maximum absolute atomic E-state index is 6.14. The fraction of sp³-hybridized carbons (Fsp3) is 0.308. The van der Waals surface area contributed by atoms with Crippen molar-refractivity contribution in [3.63, 3.8) is 0 Å². The number of hydrogen-bond acceptors (Lipinski definition) is 3. The van der Waals surface area contributed by atoms with E-state index >= 15 is 0 Å². The molecule has 0 aliphatic carbocycles. The molecule has 2 rings (SSSR count). The van der Waals surface area contributed by atoms with E-state index in [2.05, 4.69) is 17.2 Å². The topological polar surface area (TPSA) is 24.9 Å². The molecule has 0 saturated heterocycles. The van der Waals surface area contributed by atoms with E-state index in [1.54, 1.807) is 17.4 Å². The number of thiazole rings is 1. The summed E-state index contributed by atoms with van der Waals surface area (Å²) >= 11 is 13.8. The molecule has 0 spiro atoms. The van der Waals surface area contributed by atoms with Gasteiger partial charge in [-0.05, 0) is 30.2 Å². The van der Waals surface area contributed by atoms with Gasteiger partial charge in [0, 0.05) is 28.2 Å². The smallest absolute Gasteiger partial charge is 0.109 e. The summed E-state index contributed by atoms with van der Waals surface area (Å²) in [5.41, 5.74) is 1.01. The molecule has 96 valence electrons. The predicted octanol–water partition coefficient (Wildman–Crippen LogP) is 4.69. The average Bonchev–Trinajstić information content (AvgIpc) is 2.88. The van der Waals surface area contributed by atoms with Crippen LogP contribution in [-0.4, -0.2) is 4.98 Å². The van der Waals surface area contributed by atoms with Crippen LogP contribution in [0.5, 0.6) is 0 Å². The Kier molecular flexibility index (Phi) is 5.01. The molecule has 1 atom stereocenters. The first-order valence-corrected chi connectivity index (χ1v) is 7.41. The van der Waals surface area contributed by atoms with Crippen molar-refractivity contribution in [2.24, 2.45) is 0 Å². The van der Waals surface area contributed by atoms with E-state index < -0.39 is 0 Å². The summed E-state index contributed by atoms with van der Waals surface area (Å²) in [6, 6.07) is 5.78. The average molecular weight is 301 g/mol. The molecule has 0 saturated carbocycles. The van der Waals surface area contributed by atoms with Crippen LogP contribution in [-0.2, 0) is 6.54 Å². The lowest BCUT2D eigenvalue weighted by atomic mass is 10.2. The van der Waals surface area contributed by atoms with Gasteiger partial charge in [0.2, 0.25) is 0 Å². The zero-order valence-corrected chi connectivity index (χ0v) is 12.3. The van der Waals surface area contributed by atoms with Gasteiger partial charge in [0.15, 0.2) is 0 Å². The number of nitrogens with zero attached hydrogens (tertiary/aromatic N) is 1. The van der Waals surface area contributed by atoms with Gasteiger partial charge in [0.1, 0.15) is 5.01 Å². The quantitative estimate of drug-likeness (QED) is 0.866. The summed E-state index contributed by atoms with van der Waals surface area (Å²) in [4.78, 5) is 4.34. The summed E-state index contributed by atoms with van der Waals surface area (Å²) in [6.45, 7) is 2.83. The van der Waals surface area contributed by atoms with E-state index in [4.69, 9.17) is 23.2 Å². The Bertz CT molecular complexity index is 500. The third-order valence-corrected chi connectivity index (χ3v) is 4.20. The lowest BCUT2D eigenvalue weighted by Gasteiger charge is -2.15. The second kappa shape index (κ2) is 6.53. The van der Waals surface area contributed by atoms with Crippen LogP contribution in [0, 0.1) is 0 Å². The summed E-state index contributed by atoms with van der Waals surface area (Å²) in [5.74, 6) is 0. The zero-order valence-electron chi connectivity index (χ0n) is 9.99. The second-order valence-corrected chi connectivity index (χ2v) is 5.72. The van der Waals surface area contributed by atoms with Crippen LogP contribution >= 0.6 is 34.5 Å². The van der Waals surface area contributed by atoms with Gasteiger partial charge in [-0.2, -0.15) is 0 Å². The fourth-order valence-electron chi connectivity index (χ4n) is 1.72. The molecule has 0 amide bonds. The lowest BCUT2D eigenvalue weighted by molar-refractivity contribution is 0.517. The number of hydrogen-bond donors (Lipinski definition) is 1. The normalized spacial score (nSPS) is 12.6. The Morgan fingerprint density at radius 3 is 2.89 bits per heavy atom. The number of rotatable bonds is 5. The first-order valence-electron chi connectivity index (χ1n) is 5.77. The minimum absolute atomic E-state index is 0.264. The first kappa shape index (κ1) is 13.8. The van der Waals surface area contributed by atoms with Crippen LogP contribution in [0.4, 0.5) is 0 Å². The van der Waals surface area contributed by atoms with Crippen molar-refractivity contribution < 1.29 is 0 Å². The second-order valence-electron chi connectivity index (χ2n) is 3.95. The highest BCUT2D eigenvalue weighted by molar-refractivity contribution is 7.09. The van der Waals surface area contributed by atoms with Gasteiger partial charge in [-0.1, -0.05) is 30.1 Å². The molecule has 1 N–H and O–H groups in total. The molecule has 0 bridgehead atoms. The van der Waals surface area contributed by atoms with E-state index in [-0.39, 0.29) is 6.04 Å². The maximum atomic E-state index is 6.14. The molecule has 1 unspecified atom stereocenters. The maximum Gasteiger partial charge on any atom is 0.109 e. The molecule has 0 aliphatic heterocycles. The molecule has 1 heterocycles. The van der Waals surface area contributed by atoms with Crippen molar-refractivity contribution in [1.82, 2.24) is 10.3 Å². The minimum atomic E-state index is 0.264. The van der Waals surface area contributed by atoms with E-state index in [1.165, 1.54) is 0 Å². The van der Waals surface area contributed by atoms with Crippen molar-refractivity contribution in [2.45, 2.75) is 25.9 Å². The Labute approximate surface area is 121 Å². The summed E-state index contributed by atoms with van der Waals surface area (Å²) in [6.07, 6.45) is 2.82. The Hall–Kier alpha value is -0.610. The minimum Gasteiger partial charge on any atom is -0.304 e. The molecular formula is C13H14Cl2N2S. The SMILES string of the molecule is CCC(NCc1cc(Cl)ccc1Cl)c1nccs1. The molecule has 1 aromatic heterocycles. The molecule has 2 aromatic rings. The van der Waals surface area contributed by atoms with Crippen molar-refractivity contribution in [3.8, 4) is 0 Å². The van der Waals surface area contributed by atoms with Crippen LogP contribution in [0.3, 0.4) is 0 Å². The van der Waals surface area contributed by atoms with Crippen molar-refractivity contribution in [3.05, 3.63) is 50.4 Å². The largest absolute Gasteiger partial charge is 0.304 e. The zero-order chi connectivity index (χ0) is 13.0. The summed E-state index contributed by atoms with van der Waals surface area (Å²) < 4.78 is 0. The fourth-order valence-corrected chi connectivity index (χ4v) is 2.90. The lowest BCUT2D eigenvalue weighted by Crippen LogP contribution is -2.20. The molecule has 5 heteroatoms. The van der Waals surface area contributed by atoms with Gasteiger partial charge < -0.3 is 5.32 Å². The van der Waals surface area contributed by atoms with Crippen LogP contribution in [0.1, 0.15) is 30.0 Å². The van der Waals surface area contributed by atoms with Crippen molar-refractivity contribution in [1.29, 1.82) is 0 Å². The summed E-state index contributed by atoms with van der Waals surface area (Å²) in [7, 11) is 0.